The quantitative estimate of drug-likeness (QED) is 0.682. The Labute approximate surface area is 88.0 Å². The van der Waals surface area contributed by atoms with Crippen LogP contribution in [0.4, 0.5) is 0 Å². The third kappa shape index (κ3) is 1.68. The van der Waals surface area contributed by atoms with E-state index in [2.05, 4.69) is 0 Å². The van der Waals surface area contributed by atoms with Crippen LogP contribution in [0.2, 0.25) is 0 Å². The summed E-state index contributed by atoms with van der Waals surface area (Å²) in [5, 5.41) is 0. The molecule has 1 atom stereocenters. The van der Waals surface area contributed by atoms with Gasteiger partial charge >= 0.3 is 0 Å². The number of hydrogen-bond acceptors (Lipinski definition) is 2. The van der Waals surface area contributed by atoms with E-state index in [4.69, 9.17) is 0 Å². The van der Waals surface area contributed by atoms with Crippen molar-refractivity contribution < 1.29 is 9.59 Å². The molecule has 1 aliphatic rings. The molecule has 0 aliphatic carbocycles. The molecule has 0 saturated heterocycles. The summed E-state index contributed by atoms with van der Waals surface area (Å²) in [4.78, 5) is 24.1. The lowest BCUT2D eigenvalue weighted by Crippen LogP contribution is -2.32. The normalized spacial score (nSPS) is 17.3. The number of nitrogens with zero attached hydrogens (tertiary/aromatic N) is 1. The summed E-state index contributed by atoms with van der Waals surface area (Å²) in [5.74, 6) is -0.479. The standard InChI is InChI=1S/C12H11NO2/c1-9(10-5-3-2-4-6-10)13-11(14)7-8-12(13)15/h2-9H,1H3/t9-/m0/s1. The van der Waals surface area contributed by atoms with Crippen molar-refractivity contribution in [1.82, 2.24) is 4.90 Å². The fourth-order valence-electron chi connectivity index (χ4n) is 1.67. The van der Waals surface area contributed by atoms with Crippen molar-refractivity contribution in [3.05, 3.63) is 48.0 Å². The molecular weight excluding hydrogens is 190 g/mol. The van der Waals surface area contributed by atoms with Crippen molar-refractivity contribution in [1.29, 1.82) is 0 Å². The van der Waals surface area contributed by atoms with Gasteiger partial charge in [0.15, 0.2) is 0 Å². The molecule has 0 saturated carbocycles. The molecule has 3 heteroatoms. The summed E-state index contributed by atoms with van der Waals surface area (Å²) >= 11 is 0. The fourth-order valence-corrected chi connectivity index (χ4v) is 1.67. The minimum atomic E-state index is -0.239. The second-order valence-electron chi connectivity index (χ2n) is 3.47. The maximum absolute atomic E-state index is 11.4. The van der Waals surface area contributed by atoms with Crippen molar-refractivity contribution in [3.8, 4) is 0 Å². The number of carbonyl (C=O) groups excluding carboxylic acids is 2. The van der Waals surface area contributed by atoms with E-state index in [1.165, 1.54) is 17.1 Å². The van der Waals surface area contributed by atoms with Crippen LogP contribution < -0.4 is 0 Å². The van der Waals surface area contributed by atoms with Crippen LogP contribution in [0.25, 0.3) is 0 Å². The molecule has 0 aromatic heterocycles. The molecule has 2 rings (SSSR count). The predicted octanol–water partition coefficient (Wildman–Crippen LogP) is 1.67. The first-order chi connectivity index (χ1) is 7.20. The van der Waals surface area contributed by atoms with E-state index in [1.54, 1.807) is 0 Å². The Kier molecular flexibility index (Phi) is 2.37. The molecule has 1 aromatic rings. The SMILES string of the molecule is C[C@@H](c1ccccc1)N1C(=O)C=CC1=O. The molecule has 15 heavy (non-hydrogen) atoms. The highest BCUT2D eigenvalue weighted by Crippen LogP contribution is 2.22. The molecular formula is C12H11NO2. The highest BCUT2D eigenvalue weighted by Gasteiger charge is 2.28. The molecule has 0 unspecified atom stereocenters. The summed E-state index contributed by atoms with van der Waals surface area (Å²) in [6.07, 6.45) is 2.61. The zero-order chi connectivity index (χ0) is 10.8. The molecule has 0 bridgehead atoms. The van der Waals surface area contributed by atoms with Crippen molar-refractivity contribution in [3.63, 3.8) is 0 Å². The Bertz CT molecular complexity index is 405. The van der Waals surface area contributed by atoms with Gasteiger partial charge in [0.05, 0.1) is 6.04 Å². The summed E-state index contributed by atoms with van der Waals surface area (Å²) in [5.41, 5.74) is 0.961. The largest absolute Gasteiger partial charge is 0.269 e. The average molecular weight is 201 g/mol. The van der Waals surface area contributed by atoms with Crippen LogP contribution in [0, 0.1) is 0 Å². The average Bonchev–Trinajstić information content (AvgIpc) is 2.59. The van der Waals surface area contributed by atoms with Crippen molar-refractivity contribution in [2.45, 2.75) is 13.0 Å². The van der Waals surface area contributed by atoms with E-state index in [9.17, 15) is 9.59 Å². The first kappa shape index (κ1) is 9.65. The number of carbonyl (C=O) groups is 2. The van der Waals surface area contributed by atoms with Crippen LogP contribution in [0.1, 0.15) is 18.5 Å². The van der Waals surface area contributed by atoms with E-state index in [0.29, 0.717) is 0 Å². The van der Waals surface area contributed by atoms with Gasteiger partial charge in [-0.05, 0) is 12.5 Å². The van der Waals surface area contributed by atoms with E-state index in [-0.39, 0.29) is 17.9 Å². The zero-order valence-corrected chi connectivity index (χ0v) is 8.38. The van der Waals surface area contributed by atoms with Gasteiger partial charge in [0.1, 0.15) is 0 Å². The van der Waals surface area contributed by atoms with E-state index in [0.717, 1.165) is 5.56 Å². The molecule has 1 heterocycles. The van der Waals surface area contributed by atoms with Crippen LogP contribution >= 0.6 is 0 Å². The summed E-state index contributed by atoms with van der Waals surface area (Å²) in [7, 11) is 0. The number of imide groups is 1. The first-order valence-corrected chi connectivity index (χ1v) is 4.80. The van der Waals surface area contributed by atoms with Gasteiger partial charge in [-0.2, -0.15) is 0 Å². The summed E-state index contributed by atoms with van der Waals surface area (Å²) < 4.78 is 0. The van der Waals surface area contributed by atoms with Gasteiger partial charge in [-0.15, -0.1) is 0 Å². The minimum Gasteiger partial charge on any atom is -0.269 e. The highest BCUT2D eigenvalue weighted by atomic mass is 16.2. The molecule has 2 amide bonds. The first-order valence-electron chi connectivity index (χ1n) is 4.80. The zero-order valence-electron chi connectivity index (χ0n) is 8.38. The maximum Gasteiger partial charge on any atom is 0.254 e. The van der Waals surface area contributed by atoms with Gasteiger partial charge in [-0.1, -0.05) is 30.3 Å². The second-order valence-corrected chi connectivity index (χ2v) is 3.47. The topological polar surface area (TPSA) is 37.4 Å². The van der Waals surface area contributed by atoms with Crippen molar-refractivity contribution in [2.75, 3.05) is 0 Å². The fraction of sp³-hybridized carbons (Fsp3) is 0.167. The lowest BCUT2D eigenvalue weighted by molar-refractivity contribution is -0.139. The Morgan fingerprint density at radius 1 is 1.00 bits per heavy atom. The summed E-state index contributed by atoms with van der Waals surface area (Å²) in [6.45, 7) is 1.85. The van der Waals surface area contributed by atoms with Crippen LogP contribution in [-0.4, -0.2) is 16.7 Å². The van der Waals surface area contributed by atoms with Crippen LogP contribution in [-0.2, 0) is 9.59 Å². The third-order valence-corrected chi connectivity index (χ3v) is 2.51. The minimum absolute atomic E-state index is 0.207. The lowest BCUT2D eigenvalue weighted by atomic mass is 10.1. The molecule has 0 radical (unpaired) electrons. The molecule has 1 aromatic carbocycles. The van der Waals surface area contributed by atoms with Gasteiger partial charge in [0, 0.05) is 12.2 Å². The van der Waals surface area contributed by atoms with Gasteiger partial charge in [-0.3, -0.25) is 14.5 Å². The molecule has 1 aliphatic heterocycles. The van der Waals surface area contributed by atoms with E-state index >= 15 is 0 Å². The number of benzene rings is 1. The molecule has 0 N–H and O–H groups in total. The van der Waals surface area contributed by atoms with Gasteiger partial charge in [0.2, 0.25) is 0 Å². The van der Waals surface area contributed by atoms with Gasteiger partial charge < -0.3 is 0 Å². The predicted molar refractivity (Wildman–Crippen MR) is 55.9 cm³/mol. The number of rotatable bonds is 2. The molecule has 0 fully saturated rings. The van der Waals surface area contributed by atoms with Crippen molar-refractivity contribution in [2.24, 2.45) is 0 Å². The number of hydrogen-bond donors (Lipinski definition) is 0. The van der Waals surface area contributed by atoms with Crippen molar-refractivity contribution >= 4 is 11.8 Å². The Balaban J connectivity index is 2.26. The van der Waals surface area contributed by atoms with E-state index < -0.39 is 0 Å². The van der Waals surface area contributed by atoms with Crippen LogP contribution in [0.3, 0.4) is 0 Å². The van der Waals surface area contributed by atoms with E-state index in [1.807, 2.05) is 37.3 Å². The maximum atomic E-state index is 11.4. The Hall–Kier alpha value is -1.90. The lowest BCUT2D eigenvalue weighted by Gasteiger charge is -2.22. The number of amides is 2. The van der Waals surface area contributed by atoms with Gasteiger partial charge in [-0.25, -0.2) is 0 Å². The summed E-state index contributed by atoms with van der Waals surface area (Å²) in [6, 6.07) is 9.30. The third-order valence-electron chi connectivity index (χ3n) is 2.51. The second kappa shape index (κ2) is 3.69. The van der Waals surface area contributed by atoms with Crippen LogP contribution in [0.5, 0.6) is 0 Å². The highest BCUT2D eigenvalue weighted by molar-refractivity contribution is 6.13. The Morgan fingerprint density at radius 3 is 2.07 bits per heavy atom. The molecule has 3 nitrogen and oxygen atoms in total. The smallest absolute Gasteiger partial charge is 0.254 e. The molecule has 0 spiro atoms. The Morgan fingerprint density at radius 2 is 1.53 bits per heavy atom. The molecule has 76 valence electrons. The van der Waals surface area contributed by atoms with Crippen LogP contribution in [0.15, 0.2) is 42.5 Å². The van der Waals surface area contributed by atoms with Gasteiger partial charge in [0.25, 0.3) is 11.8 Å². The monoisotopic (exact) mass is 201 g/mol.